The zero-order chi connectivity index (χ0) is 16.6. The summed E-state index contributed by atoms with van der Waals surface area (Å²) in [4.78, 5) is 8.61. The third-order valence-electron chi connectivity index (χ3n) is 3.45. The number of aromatic nitrogens is 2. The number of fused-ring (bicyclic) bond motifs is 1. The molecular weight excluding hydrogens is 305 g/mol. The second kappa shape index (κ2) is 5.32. The van der Waals surface area contributed by atoms with E-state index in [0.29, 0.717) is 17.0 Å². The van der Waals surface area contributed by atoms with Crippen LogP contribution in [0.15, 0.2) is 53.9 Å². The number of aromatic amines is 1. The van der Waals surface area contributed by atoms with E-state index in [1.807, 2.05) is 24.3 Å². The van der Waals surface area contributed by atoms with Gasteiger partial charge in [0.15, 0.2) is 5.82 Å². The van der Waals surface area contributed by atoms with Gasteiger partial charge in [0.05, 0.1) is 22.3 Å². The van der Waals surface area contributed by atoms with Crippen LogP contribution in [0.4, 0.5) is 13.2 Å². The maximum atomic E-state index is 12.7. The SMILES string of the molecule is CN1C=C(C(F)(F)F)C=CC1=C(C#N)c1nc2ccccc2[nH]1. The summed E-state index contributed by atoms with van der Waals surface area (Å²) in [6.45, 7) is 0. The van der Waals surface area contributed by atoms with Crippen molar-refractivity contribution in [2.45, 2.75) is 6.18 Å². The minimum absolute atomic E-state index is 0.178. The molecule has 2 aromatic rings. The molecule has 0 aliphatic carbocycles. The number of nitriles is 1. The molecule has 2 heterocycles. The van der Waals surface area contributed by atoms with E-state index in [-0.39, 0.29) is 5.57 Å². The first-order chi connectivity index (χ1) is 10.9. The molecule has 1 aromatic heterocycles. The largest absolute Gasteiger partial charge is 0.417 e. The molecule has 3 rings (SSSR count). The Bertz CT molecular complexity index is 861. The number of allylic oxidation sites excluding steroid dienone is 4. The van der Waals surface area contributed by atoms with Gasteiger partial charge in [-0.3, -0.25) is 0 Å². The molecule has 116 valence electrons. The normalized spacial score (nSPS) is 17.2. The Morgan fingerprint density at radius 2 is 2.00 bits per heavy atom. The molecule has 1 aromatic carbocycles. The van der Waals surface area contributed by atoms with Crippen molar-refractivity contribution in [1.29, 1.82) is 5.26 Å². The number of halogens is 3. The van der Waals surface area contributed by atoms with E-state index < -0.39 is 11.7 Å². The lowest BCUT2D eigenvalue weighted by molar-refractivity contribution is -0.0892. The van der Waals surface area contributed by atoms with Crippen LogP contribution in [0.1, 0.15) is 5.82 Å². The molecule has 0 spiro atoms. The van der Waals surface area contributed by atoms with Gasteiger partial charge in [0, 0.05) is 13.2 Å². The predicted molar refractivity (Wildman–Crippen MR) is 79.7 cm³/mol. The van der Waals surface area contributed by atoms with Gasteiger partial charge in [-0.2, -0.15) is 18.4 Å². The van der Waals surface area contributed by atoms with Gasteiger partial charge in [-0.05, 0) is 24.3 Å². The molecule has 1 aliphatic heterocycles. The number of alkyl halides is 3. The fourth-order valence-electron chi connectivity index (χ4n) is 2.34. The van der Waals surface area contributed by atoms with E-state index in [1.165, 1.54) is 18.0 Å². The molecule has 7 heteroatoms. The van der Waals surface area contributed by atoms with Gasteiger partial charge in [-0.1, -0.05) is 12.1 Å². The van der Waals surface area contributed by atoms with Gasteiger partial charge in [0.25, 0.3) is 0 Å². The van der Waals surface area contributed by atoms with Gasteiger partial charge < -0.3 is 9.88 Å². The molecule has 0 amide bonds. The lowest BCUT2D eigenvalue weighted by Crippen LogP contribution is -2.20. The summed E-state index contributed by atoms with van der Waals surface area (Å²) in [7, 11) is 1.46. The highest BCUT2D eigenvalue weighted by Gasteiger charge is 2.34. The Kier molecular flexibility index (Phi) is 3.45. The highest BCUT2D eigenvalue weighted by Crippen LogP contribution is 2.32. The Morgan fingerprint density at radius 1 is 1.26 bits per heavy atom. The summed E-state index contributed by atoms with van der Waals surface area (Å²) in [6.07, 6.45) is -1.25. The summed E-state index contributed by atoms with van der Waals surface area (Å²) >= 11 is 0. The number of H-pyrrole nitrogens is 1. The molecule has 0 fully saturated rings. The summed E-state index contributed by atoms with van der Waals surface area (Å²) in [5, 5.41) is 9.43. The van der Waals surface area contributed by atoms with Crippen molar-refractivity contribution in [3.8, 4) is 6.07 Å². The van der Waals surface area contributed by atoms with Crippen LogP contribution >= 0.6 is 0 Å². The molecule has 4 nitrogen and oxygen atoms in total. The minimum atomic E-state index is -4.43. The molecule has 1 N–H and O–H groups in total. The molecule has 0 radical (unpaired) electrons. The van der Waals surface area contributed by atoms with E-state index in [9.17, 15) is 18.4 Å². The van der Waals surface area contributed by atoms with E-state index in [1.54, 1.807) is 6.07 Å². The first-order valence-corrected chi connectivity index (χ1v) is 6.69. The maximum absolute atomic E-state index is 12.7. The Morgan fingerprint density at radius 3 is 2.61 bits per heavy atom. The lowest BCUT2D eigenvalue weighted by atomic mass is 10.1. The smallest absolute Gasteiger partial charge is 0.349 e. The lowest BCUT2D eigenvalue weighted by Gasteiger charge is -2.23. The van der Waals surface area contributed by atoms with Crippen LogP contribution in [0.3, 0.4) is 0 Å². The van der Waals surface area contributed by atoms with Crippen molar-refractivity contribution in [3.63, 3.8) is 0 Å². The number of rotatable bonds is 1. The van der Waals surface area contributed by atoms with Crippen LogP contribution in [-0.2, 0) is 0 Å². The highest BCUT2D eigenvalue weighted by atomic mass is 19.4. The topological polar surface area (TPSA) is 55.7 Å². The van der Waals surface area contributed by atoms with Gasteiger partial charge in [0.2, 0.25) is 0 Å². The number of hydrogen-bond donors (Lipinski definition) is 1. The first-order valence-electron chi connectivity index (χ1n) is 6.69. The third kappa shape index (κ3) is 2.71. The summed E-state index contributed by atoms with van der Waals surface area (Å²) in [5.74, 6) is 0.323. The molecular formula is C16H11F3N4. The number of hydrogen-bond acceptors (Lipinski definition) is 3. The predicted octanol–water partition coefficient (Wildman–Crippen LogP) is 3.75. The van der Waals surface area contributed by atoms with Crippen LogP contribution in [0, 0.1) is 11.3 Å². The molecule has 0 atom stereocenters. The Balaban J connectivity index is 2.07. The first kappa shape index (κ1) is 14.9. The quantitative estimate of drug-likeness (QED) is 0.815. The van der Waals surface area contributed by atoms with Gasteiger partial charge in [-0.25, -0.2) is 4.98 Å². The van der Waals surface area contributed by atoms with Crippen molar-refractivity contribution >= 4 is 16.6 Å². The second-order valence-electron chi connectivity index (χ2n) is 5.00. The minimum Gasteiger partial charge on any atom is -0.349 e. The molecule has 0 saturated carbocycles. The third-order valence-corrected chi connectivity index (χ3v) is 3.45. The average Bonchev–Trinajstić information content (AvgIpc) is 2.92. The number of nitrogens with zero attached hydrogens (tertiary/aromatic N) is 3. The van der Waals surface area contributed by atoms with Gasteiger partial charge in [0.1, 0.15) is 11.6 Å². The Hall–Kier alpha value is -3.01. The van der Waals surface area contributed by atoms with E-state index in [2.05, 4.69) is 9.97 Å². The molecule has 23 heavy (non-hydrogen) atoms. The molecule has 0 unspecified atom stereocenters. The molecule has 1 aliphatic rings. The van der Waals surface area contributed by atoms with Crippen molar-refractivity contribution in [3.05, 3.63) is 59.7 Å². The number of para-hydroxylation sites is 2. The van der Waals surface area contributed by atoms with E-state index >= 15 is 0 Å². The van der Waals surface area contributed by atoms with Gasteiger partial charge in [-0.15, -0.1) is 0 Å². The van der Waals surface area contributed by atoms with Crippen molar-refractivity contribution < 1.29 is 13.2 Å². The van der Waals surface area contributed by atoms with Crippen LogP contribution in [0.25, 0.3) is 16.6 Å². The molecule has 0 saturated heterocycles. The molecule has 0 bridgehead atoms. The van der Waals surface area contributed by atoms with Crippen LogP contribution < -0.4 is 0 Å². The van der Waals surface area contributed by atoms with Crippen molar-refractivity contribution in [2.24, 2.45) is 0 Å². The van der Waals surface area contributed by atoms with Gasteiger partial charge >= 0.3 is 6.18 Å². The second-order valence-corrected chi connectivity index (χ2v) is 5.00. The summed E-state index contributed by atoms with van der Waals surface area (Å²) in [6, 6.07) is 9.26. The van der Waals surface area contributed by atoms with Crippen molar-refractivity contribution in [1.82, 2.24) is 14.9 Å². The number of benzene rings is 1. The van der Waals surface area contributed by atoms with Crippen LogP contribution in [0.5, 0.6) is 0 Å². The highest BCUT2D eigenvalue weighted by molar-refractivity contribution is 5.84. The fraction of sp³-hybridized carbons (Fsp3) is 0.125. The van der Waals surface area contributed by atoms with Crippen LogP contribution in [-0.4, -0.2) is 28.1 Å². The van der Waals surface area contributed by atoms with Crippen molar-refractivity contribution in [2.75, 3.05) is 7.05 Å². The summed E-state index contributed by atoms with van der Waals surface area (Å²) < 4.78 is 38.2. The fourth-order valence-corrected chi connectivity index (χ4v) is 2.34. The number of imidazole rings is 1. The summed E-state index contributed by atoms with van der Waals surface area (Å²) in [5.41, 5.74) is 1.19. The number of nitrogens with one attached hydrogen (secondary N) is 1. The van der Waals surface area contributed by atoms with Crippen LogP contribution in [0.2, 0.25) is 0 Å². The van der Waals surface area contributed by atoms with E-state index in [4.69, 9.17) is 0 Å². The zero-order valence-electron chi connectivity index (χ0n) is 12.0. The standard InChI is InChI=1S/C16H11F3N4/c1-23-9-10(16(17,18)19)6-7-14(23)11(8-20)15-21-12-4-2-3-5-13(12)22-15/h2-7,9H,1H3,(H,21,22). The number of likely N-dealkylation sites (N-methyl/N-ethyl adjacent to an activating group) is 1. The zero-order valence-corrected chi connectivity index (χ0v) is 12.0. The monoisotopic (exact) mass is 316 g/mol. The average molecular weight is 316 g/mol. The maximum Gasteiger partial charge on any atom is 0.417 e. The van der Waals surface area contributed by atoms with E-state index in [0.717, 1.165) is 17.8 Å². The Labute approximate surface area is 129 Å².